The van der Waals surface area contributed by atoms with Crippen LogP contribution in [0.4, 0.5) is 5.00 Å². The zero-order valence-corrected chi connectivity index (χ0v) is 14.6. The molecule has 1 N–H and O–H groups in total. The molecule has 1 aliphatic rings. The van der Waals surface area contributed by atoms with Gasteiger partial charge < -0.3 is 5.32 Å². The Labute approximate surface area is 137 Å². The predicted molar refractivity (Wildman–Crippen MR) is 89.4 cm³/mol. The first kappa shape index (κ1) is 15.5. The zero-order chi connectivity index (χ0) is 15.7. The van der Waals surface area contributed by atoms with E-state index in [1.54, 1.807) is 23.1 Å². The predicted octanol–water partition coefficient (Wildman–Crippen LogP) is 2.87. The molecule has 118 valence electrons. The van der Waals surface area contributed by atoms with Crippen LogP contribution < -0.4 is 5.32 Å². The number of hydrogen-bond acceptors (Lipinski definition) is 6. The minimum absolute atomic E-state index is 0.0276. The Morgan fingerprint density at radius 3 is 2.77 bits per heavy atom. The first-order valence-electron chi connectivity index (χ1n) is 7.27. The first-order chi connectivity index (χ1) is 10.6. The molecule has 1 aliphatic carbocycles. The van der Waals surface area contributed by atoms with Crippen LogP contribution in [0.5, 0.6) is 0 Å². The van der Waals surface area contributed by atoms with E-state index < -0.39 is 0 Å². The van der Waals surface area contributed by atoms with E-state index in [0.29, 0.717) is 17.5 Å². The third-order valence-corrected chi connectivity index (χ3v) is 6.01. The summed E-state index contributed by atoms with van der Waals surface area (Å²) in [4.78, 5) is 13.3. The largest absolute Gasteiger partial charge is 0.317 e. The fraction of sp³-hybridized carbons (Fsp3) is 0.571. The van der Waals surface area contributed by atoms with E-state index in [4.69, 9.17) is 0 Å². The average molecular weight is 337 g/mol. The van der Waals surface area contributed by atoms with Crippen molar-refractivity contribution in [2.75, 3.05) is 11.1 Å². The van der Waals surface area contributed by atoms with Crippen LogP contribution in [0.3, 0.4) is 0 Å². The highest BCUT2D eigenvalue weighted by Gasteiger charge is 2.27. The molecule has 0 saturated heterocycles. The number of thiophene rings is 1. The maximum atomic E-state index is 12.1. The Morgan fingerprint density at radius 2 is 2.14 bits per heavy atom. The van der Waals surface area contributed by atoms with Gasteiger partial charge in [0.15, 0.2) is 5.82 Å². The van der Waals surface area contributed by atoms with Crippen molar-refractivity contribution in [3.05, 3.63) is 21.8 Å². The van der Waals surface area contributed by atoms with Crippen molar-refractivity contribution in [1.82, 2.24) is 20.2 Å². The molecule has 2 heterocycles. The molecule has 1 fully saturated rings. The Bertz CT molecular complexity index is 689. The second kappa shape index (κ2) is 6.37. The van der Waals surface area contributed by atoms with E-state index >= 15 is 0 Å². The lowest BCUT2D eigenvalue weighted by molar-refractivity contribution is -0.113. The average Bonchev–Trinajstić information content (AvgIpc) is 3.18. The molecular weight excluding hydrogens is 318 g/mol. The van der Waals surface area contributed by atoms with E-state index in [-0.39, 0.29) is 5.91 Å². The number of thioether (sulfide) groups is 1. The second-order valence-corrected chi connectivity index (χ2v) is 7.76. The minimum atomic E-state index is 0.0276. The number of nitrogens with zero attached hydrogens (tertiary/aromatic N) is 4. The SMILES string of the molecule is Cc1sc(NC(=O)CSCc2nnnn2C2CC2)c(C)c1C. The van der Waals surface area contributed by atoms with Gasteiger partial charge in [-0.25, -0.2) is 4.68 Å². The van der Waals surface area contributed by atoms with Gasteiger partial charge >= 0.3 is 0 Å². The van der Waals surface area contributed by atoms with Gasteiger partial charge in [0.05, 0.1) is 22.5 Å². The lowest BCUT2D eigenvalue weighted by atomic mass is 10.2. The van der Waals surface area contributed by atoms with Crippen molar-refractivity contribution < 1.29 is 4.79 Å². The highest BCUT2D eigenvalue weighted by molar-refractivity contribution is 7.99. The van der Waals surface area contributed by atoms with Crippen LogP contribution >= 0.6 is 23.1 Å². The minimum Gasteiger partial charge on any atom is -0.317 e. The van der Waals surface area contributed by atoms with Crippen molar-refractivity contribution in [3.63, 3.8) is 0 Å². The molecule has 0 spiro atoms. The van der Waals surface area contributed by atoms with Crippen LogP contribution in [0.25, 0.3) is 0 Å². The number of aromatic nitrogens is 4. The molecule has 1 saturated carbocycles. The Morgan fingerprint density at radius 1 is 1.36 bits per heavy atom. The van der Waals surface area contributed by atoms with Gasteiger partial charge in [-0.2, -0.15) is 0 Å². The molecule has 8 heteroatoms. The normalized spacial score (nSPS) is 14.3. The molecular formula is C14H19N5OS2. The summed E-state index contributed by atoms with van der Waals surface area (Å²) in [5.41, 5.74) is 2.43. The molecule has 1 amide bonds. The number of nitrogens with one attached hydrogen (secondary N) is 1. The van der Waals surface area contributed by atoms with E-state index in [1.807, 2.05) is 11.6 Å². The standard InChI is InChI=1S/C14H19N5OS2/c1-8-9(2)14(22-10(8)3)15-13(20)7-21-6-12-16-17-18-19(12)11-4-5-11/h11H,4-7H2,1-3H3,(H,15,20). The number of carbonyl (C=O) groups is 1. The van der Waals surface area contributed by atoms with Gasteiger partial charge in [-0.1, -0.05) is 0 Å². The van der Waals surface area contributed by atoms with Gasteiger partial charge in [0, 0.05) is 4.88 Å². The molecule has 22 heavy (non-hydrogen) atoms. The van der Waals surface area contributed by atoms with Crippen molar-refractivity contribution in [3.8, 4) is 0 Å². The van der Waals surface area contributed by atoms with Crippen LogP contribution in [-0.2, 0) is 10.5 Å². The van der Waals surface area contributed by atoms with Crippen LogP contribution in [0.2, 0.25) is 0 Å². The number of carbonyl (C=O) groups excluding carboxylic acids is 1. The molecule has 0 aliphatic heterocycles. The summed E-state index contributed by atoms with van der Waals surface area (Å²) in [6.45, 7) is 6.21. The summed E-state index contributed by atoms with van der Waals surface area (Å²) in [6, 6.07) is 0.471. The fourth-order valence-electron chi connectivity index (χ4n) is 2.17. The van der Waals surface area contributed by atoms with E-state index in [9.17, 15) is 4.79 Å². The van der Waals surface area contributed by atoms with Gasteiger partial charge in [0.1, 0.15) is 0 Å². The Balaban J connectivity index is 1.50. The molecule has 2 aromatic rings. The highest BCUT2D eigenvalue weighted by atomic mass is 32.2. The molecule has 0 unspecified atom stereocenters. The summed E-state index contributed by atoms with van der Waals surface area (Å²) in [7, 11) is 0. The van der Waals surface area contributed by atoms with Crippen LogP contribution in [0, 0.1) is 20.8 Å². The summed E-state index contributed by atoms with van der Waals surface area (Å²) < 4.78 is 1.89. The topological polar surface area (TPSA) is 72.7 Å². The summed E-state index contributed by atoms with van der Waals surface area (Å²) in [6.07, 6.45) is 2.30. The Kier molecular flexibility index (Phi) is 4.49. The number of rotatable bonds is 6. The van der Waals surface area contributed by atoms with Crippen molar-refractivity contribution in [1.29, 1.82) is 0 Å². The lowest BCUT2D eigenvalue weighted by Gasteiger charge is -2.05. The molecule has 0 bridgehead atoms. The van der Waals surface area contributed by atoms with Crippen LogP contribution in [0.15, 0.2) is 0 Å². The van der Waals surface area contributed by atoms with Gasteiger partial charge in [-0.05, 0) is 55.2 Å². The third kappa shape index (κ3) is 3.33. The molecule has 0 atom stereocenters. The maximum Gasteiger partial charge on any atom is 0.234 e. The summed E-state index contributed by atoms with van der Waals surface area (Å²) in [5.74, 6) is 1.96. The highest BCUT2D eigenvalue weighted by Crippen LogP contribution is 2.35. The quantitative estimate of drug-likeness (QED) is 0.877. The van der Waals surface area contributed by atoms with E-state index in [0.717, 1.165) is 23.7 Å². The lowest BCUT2D eigenvalue weighted by Crippen LogP contribution is -2.14. The number of aryl methyl sites for hydroxylation is 1. The van der Waals surface area contributed by atoms with Crippen molar-refractivity contribution in [2.24, 2.45) is 0 Å². The monoisotopic (exact) mass is 337 g/mol. The van der Waals surface area contributed by atoms with Crippen molar-refractivity contribution in [2.45, 2.75) is 45.4 Å². The molecule has 2 aromatic heterocycles. The maximum absolute atomic E-state index is 12.1. The first-order valence-corrected chi connectivity index (χ1v) is 9.24. The molecule has 3 rings (SSSR count). The smallest absolute Gasteiger partial charge is 0.234 e. The summed E-state index contributed by atoms with van der Waals surface area (Å²) in [5, 5.41) is 15.7. The van der Waals surface area contributed by atoms with Gasteiger partial charge in [-0.15, -0.1) is 28.2 Å². The number of hydrogen-bond donors (Lipinski definition) is 1. The van der Waals surface area contributed by atoms with E-state index in [2.05, 4.69) is 34.7 Å². The van der Waals surface area contributed by atoms with E-state index in [1.165, 1.54) is 16.0 Å². The van der Waals surface area contributed by atoms with Gasteiger partial charge in [0.2, 0.25) is 5.91 Å². The number of tetrazole rings is 1. The number of anilines is 1. The van der Waals surface area contributed by atoms with Gasteiger partial charge in [-0.3, -0.25) is 4.79 Å². The molecule has 6 nitrogen and oxygen atoms in total. The van der Waals surface area contributed by atoms with Gasteiger partial charge in [0.25, 0.3) is 0 Å². The zero-order valence-electron chi connectivity index (χ0n) is 12.9. The summed E-state index contributed by atoms with van der Waals surface area (Å²) >= 11 is 3.18. The molecule has 0 radical (unpaired) electrons. The second-order valence-electron chi connectivity index (χ2n) is 5.55. The number of amides is 1. The Hall–Kier alpha value is -1.41. The third-order valence-electron chi connectivity index (χ3n) is 3.86. The van der Waals surface area contributed by atoms with Crippen LogP contribution in [0.1, 0.15) is 40.7 Å². The van der Waals surface area contributed by atoms with Crippen molar-refractivity contribution >= 4 is 34.0 Å². The molecule has 0 aromatic carbocycles. The van der Waals surface area contributed by atoms with Crippen LogP contribution in [-0.4, -0.2) is 31.9 Å². The fourth-order valence-corrected chi connectivity index (χ4v) is 3.98.